The second-order valence-electron chi connectivity index (χ2n) is 5.49. The molecule has 1 aliphatic heterocycles. The van der Waals surface area contributed by atoms with Crippen molar-refractivity contribution in [2.45, 2.75) is 39.8 Å². The number of rotatable bonds is 3. The molecule has 1 aromatic heterocycles. The lowest BCUT2D eigenvalue weighted by molar-refractivity contribution is 0.169. The van der Waals surface area contributed by atoms with Crippen molar-refractivity contribution < 1.29 is 0 Å². The topological polar surface area (TPSA) is 44.3 Å². The molecule has 2 atom stereocenters. The van der Waals surface area contributed by atoms with Gasteiger partial charge in [0.2, 0.25) is 5.95 Å². The Balaban J connectivity index is 2.21. The summed E-state index contributed by atoms with van der Waals surface area (Å²) in [6.45, 7) is 11.5. The number of piperazine rings is 1. The summed E-state index contributed by atoms with van der Waals surface area (Å²) in [5.41, 5.74) is 1.01. The van der Waals surface area contributed by atoms with Crippen LogP contribution >= 0.6 is 0 Å². The third-order valence-corrected chi connectivity index (χ3v) is 3.86. The summed E-state index contributed by atoms with van der Waals surface area (Å²) >= 11 is 0. The average molecular weight is 263 g/mol. The van der Waals surface area contributed by atoms with E-state index in [9.17, 15) is 0 Å². The van der Waals surface area contributed by atoms with Crippen molar-refractivity contribution in [3.05, 3.63) is 11.8 Å². The molecule has 1 N–H and O–H groups in total. The third-order valence-electron chi connectivity index (χ3n) is 3.86. The van der Waals surface area contributed by atoms with Gasteiger partial charge >= 0.3 is 0 Å². The molecule has 0 amide bonds. The first kappa shape index (κ1) is 14.1. The molecule has 106 valence electrons. The second kappa shape index (κ2) is 5.74. The van der Waals surface area contributed by atoms with E-state index < -0.39 is 0 Å². The molecule has 1 aliphatic rings. The first-order valence-electron chi connectivity index (χ1n) is 7.07. The normalized spacial score (nSPS) is 24.6. The number of likely N-dealkylation sites (N-methyl/N-ethyl adjacent to an activating group) is 1. The fraction of sp³-hybridized carbons (Fsp3) is 0.714. The largest absolute Gasteiger partial charge is 0.354 e. The van der Waals surface area contributed by atoms with E-state index in [1.165, 1.54) is 0 Å². The fourth-order valence-corrected chi connectivity index (χ4v) is 2.54. The second-order valence-corrected chi connectivity index (χ2v) is 5.49. The molecule has 0 aliphatic carbocycles. The molecular weight excluding hydrogens is 238 g/mol. The number of nitrogens with one attached hydrogen (secondary N) is 1. The maximum Gasteiger partial charge on any atom is 0.224 e. The van der Waals surface area contributed by atoms with Crippen molar-refractivity contribution in [1.29, 1.82) is 0 Å². The van der Waals surface area contributed by atoms with Gasteiger partial charge in [-0.15, -0.1) is 0 Å². The van der Waals surface area contributed by atoms with E-state index in [-0.39, 0.29) is 0 Å². The zero-order chi connectivity index (χ0) is 14.0. The minimum absolute atomic E-state index is 0.543. The summed E-state index contributed by atoms with van der Waals surface area (Å²) in [5, 5.41) is 3.20. The average Bonchev–Trinajstić information content (AvgIpc) is 2.35. The highest BCUT2D eigenvalue weighted by atomic mass is 15.3. The van der Waals surface area contributed by atoms with Crippen molar-refractivity contribution in [3.63, 3.8) is 0 Å². The van der Waals surface area contributed by atoms with Crippen LogP contribution in [0.15, 0.2) is 6.07 Å². The monoisotopic (exact) mass is 263 g/mol. The van der Waals surface area contributed by atoms with Gasteiger partial charge in [-0.3, -0.25) is 4.90 Å². The molecule has 5 heteroatoms. The minimum atomic E-state index is 0.543. The van der Waals surface area contributed by atoms with Gasteiger partial charge in [-0.1, -0.05) is 0 Å². The molecule has 2 heterocycles. The summed E-state index contributed by atoms with van der Waals surface area (Å²) < 4.78 is 0. The molecule has 0 radical (unpaired) electrons. The van der Waals surface area contributed by atoms with Crippen LogP contribution in [-0.4, -0.2) is 53.6 Å². The summed E-state index contributed by atoms with van der Waals surface area (Å²) in [4.78, 5) is 13.8. The van der Waals surface area contributed by atoms with E-state index in [2.05, 4.69) is 59.0 Å². The van der Waals surface area contributed by atoms with Gasteiger partial charge in [0.05, 0.1) is 0 Å². The lowest BCUT2D eigenvalue weighted by Crippen LogP contribution is -2.55. The number of hydrogen-bond donors (Lipinski definition) is 1. The van der Waals surface area contributed by atoms with E-state index in [0.29, 0.717) is 12.1 Å². The molecule has 0 saturated carbocycles. The van der Waals surface area contributed by atoms with Gasteiger partial charge in [-0.05, 0) is 34.7 Å². The van der Waals surface area contributed by atoms with E-state index in [1.54, 1.807) is 0 Å². The van der Waals surface area contributed by atoms with Crippen molar-refractivity contribution >= 4 is 11.8 Å². The van der Waals surface area contributed by atoms with Gasteiger partial charge in [-0.2, -0.15) is 4.98 Å². The molecule has 2 rings (SSSR count). The van der Waals surface area contributed by atoms with Gasteiger partial charge in [0.25, 0.3) is 0 Å². The molecule has 1 fully saturated rings. The van der Waals surface area contributed by atoms with Gasteiger partial charge in [0, 0.05) is 43.5 Å². The number of aryl methyl sites for hydroxylation is 1. The minimum Gasteiger partial charge on any atom is -0.354 e. The quantitative estimate of drug-likeness (QED) is 0.900. The van der Waals surface area contributed by atoms with Gasteiger partial charge in [0.15, 0.2) is 0 Å². The Bertz CT molecular complexity index is 422. The molecule has 0 aromatic carbocycles. The smallest absolute Gasteiger partial charge is 0.224 e. The van der Waals surface area contributed by atoms with Crippen LogP contribution in [0.3, 0.4) is 0 Å². The zero-order valence-electron chi connectivity index (χ0n) is 12.6. The summed E-state index contributed by atoms with van der Waals surface area (Å²) in [6, 6.07) is 3.16. The van der Waals surface area contributed by atoms with E-state index in [4.69, 9.17) is 0 Å². The van der Waals surface area contributed by atoms with Crippen LogP contribution in [0, 0.1) is 6.92 Å². The van der Waals surface area contributed by atoms with Crippen LogP contribution in [0.1, 0.15) is 26.5 Å². The highest BCUT2D eigenvalue weighted by Gasteiger charge is 2.27. The first-order chi connectivity index (χ1) is 9.01. The van der Waals surface area contributed by atoms with Crippen molar-refractivity contribution in [2.75, 3.05) is 36.9 Å². The maximum absolute atomic E-state index is 4.63. The number of aromatic nitrogens is 2. The summed E-state index contributed by atoms with van der Waals surface area (Å²) in [6.07, 6.45) is 0. The highest BCUT2D eigenvalue weighted by Crippen LogP contribution is 2.21. The number of nitrogens with zero attached hydrogens (tertiary/aromatic N) is 4. The standard InChI is InChI=1S/C14H25N5/c1-6-15-14-16-10(2)7-13(17-14)19-8-11(3)18(5)12(4)9-19/h7,11-12H,6,8-9H2,1-5H3,(H,15,16,17). The Morgan fingerprint density at radius 3 is 2.47 bits per heavy atom. The van der Waals surface area contributed by atoms with E-state index in [1.807, 2.05) is 6.92 Å². The van der Waals surface area contributed by atoms with Gasteiger partial charge in [0.1, 0.15) is 5.82 Å². The molecule has 1 aromatic rings. The Morgan fingerprint density at radius 1 is 1.26 bits per heavy atom. The predicted octanol–water partition coefficient (Wildman–Crippen LogP) is 1.75. The van der Waals surface area contributed by atoms with Crippen LogP contribution < -0.4 is 10.2 Å². The lowest BCUT2D eigenvalue weighted by atomic mass is 10.1. The lowest BCUT2D eigenvalue weighted by Gasteiger charge is -2.43. The van der Waals surface area contributed by atoms with Crippen molar-refractivity contribution in [2.24, 2.45) is 0 Å². The third kappa shape index (κ3) is 3.15. The van der Waals surface area contributed by atoms with Gasteiger partial charge in [-0.25, -0.2) is 4.98 Å². The molecule has 19 heavy (non-hydrogen) atoms. The Hall–Kier alpha value is -1.36. The highest BCUT2D eigenvalue weighted by molar-refractivity contribution is 5.45. The van der Waals surface area contributed by atoms with E-state index >= 15 is 0 Å². The predicted molar refractivity (Wildman–Crippen MR) is 79.8 cm³/mol. The van der Waals surface area contributed by atoms with Crippen LogP contribution in [0.25, 0.3) is 0 Å². The molecule has 1 saturated heterocycles. The van der Waals surface area contributed by atoms with Crippen LogP contribution in [-0.2, 0) is 0 Å². The maximum atomic E-state index is 4.63. The molecule has 5 nitrogen and oxygen atoms in total. The Labute approximate surface area is 116 Å². The summed E-state index contributed by atoms with van der Waals surface area (Å²) in [5.74, 6) is 1.77. The van der Waals surface area contributed by atoms with Crippen molar-refractivity contribution in [1.82, 2.24) is 14.9 Å². The molecular formula is C14H25N5. The van der Waals surface area contributed by atoms with E-state index in [0.717, 1.165) is 37.1 Å². The fourth-order valence-electron chi connectivity index (χ4n) is 2.54. The van der Waals surface area contributed by atoms with Crippen LogP contribution in [0.5, 0.6) is 0 Å². The molecule has 0 bridgehead atoms. The Morgan fingerprint density at radius 2 is 1.89 bits per heavy atom. The summed E-state index contributed by atoms with van der Waals surface area (Å²) in [7, 11) is 2.20. The molecule has 0 spiro atoms. The molecule has 2 unspecified atom stereocenters. The SMILES string of the molecule is CCNc1nc(C)cc(N2CC(C)N(C)C(C)C2)n1. The van der Waals surface area contributed by atoms with Crippen LogP contribution in [0.2, 0.25) is 0 Å². The van der Waals surface area contributed by atoms with Crippen molar-refractivity contribution in [3.8, 4) is 0 Å². The number of anilines is 2. The number of hydrogen-bond acceptors (Lipinski definition) is 5. The zero-order valence-corrected chi connectivity index (χ0v) is 12.6. The van der Waals surface area contributed by atoms with Crippen LogP contribution in [0.4, 0.5) is 11.8 Å². The van der Waals surface area contributed by atoms with Gasteiger partial charge < -0.3 is 10.2 Å². The first-order valence-corrected chi connectivity index (χ1v) is 7.07. The Kier molecular flexibility index (Phi) is 4.24.